The molecule has 1 heterocycles. The number of alkyl halides is 3. The number of fused-ring (bicyclic) bond motifs is 3. The van der Waals surface area contributed by atoms with Crippen molar-refractivity contribution in [2.75, 3.05) is 0 Å². The molecule has 0 bridgehead atoms. The van der Waals surface area contributed by atoms with E-state index < -0.39 is 48.6 Å². The minimum absolute atomic E-state index is 0.275. The Labute approximate surface area is 115 Å². The molecule has 110 valence electrons. The molecule has 0 aliphatic rings. The number of hydrogen-bond donors (Lipinski definition) is 0. The van der Waals surface area contributed by atoms with Crippen molar-refractivity contribution < 1.29 is 30.7 Å². The Morgan fingerprint density at radius 2 is 0.952 bits per heavy atom. The van der Waals surface area contributed by atoms with Gasteiger partial charge in [-0.25, -0.2) is 17.6 Å². The van der Waals surface area contributed by atoms with E-state index in [4.69, 9.17) is 0 Å². The van der Waals surface area contributed by atoms with Gasteiger partial charge in [-0.1, -0.05) is 0 Å². The average molecular weight is 325 g/mol. The molecule has 0 unspecified atom stereocenters. The molecule has 0 spiro atoms. The summed E-state index contributed by atoms with van der Waals surface area (Å²) in [6.07, 6.45) is 0. The summed E-state index contributed by atoms with van der Waals surface area (Å²) in [5.41, 5.74) is -4.81. The highest BCUT2D eigenvalue weighted by Crippen LogP contribution is 2.54. The zero-order chi connectivity index (χ0) is 15.5. The van der Waals surface area contributed by atoms with Gasteiger partial charge < -0.3 is 0 Å². The summed E-state index contributed by atoms with van der Waals surface area (Å²) in [6.45, 7) is 0. The lowest BCUT2D eigenvalue weighted by Gasteiger charge is -1.97. The van der Waals surface area contributed by atoms with Crippen LogP contribution in [0.4, 0.5) is 30.7 Å². The molecule has 8 heteroatoms. The van der Waals surface area contributed by atoms with Crippen molar-refractivity contribution in [1.29, 1.82) is 0 Å². The highest BCUT2D eigenvalue weighted by molar-refractivity contribution is 7.43. The largest absolute Gasteiger partial charge is 0.601 e. The number of hydrogen-bond acceptors (Lipinski definition) is 0. The molecular formula is C13H4F7S+. The minimum atomic E-state index is -4.81. The molecule has 0 radical (unpaired) electrons. The van der Waals surface area contributed by atoms with Crippen LogP contribution in [0.2, 0.25) is 0 Å². The summed E-state index contributed by atoms with van der Waals surface area (Å²) in [5, 5.41) is -0.549. The molecule has 0 N–H and O–H groups in total. The fourth-order valence-electron chi connectivity index (χ4n) is 2.18. The Balaban J connectivity index is 2.61. The molecule has 0 nitrogen and oxygen atoms in total. The van der Waals surface area contributed by atoms with Crippen LogP contribution in [0, 0.1) is 23.3 Å². The monoisotopic (exact) mass is 325 g/mol. The molecule has 0 aliphatic heterocycles. The topological polar surface area (TPSA) is 0 Å². The first-order valence-corrected chi connectivity index (χ1v) is 6.72. The molecular weight excluding hydrogens is 321 g/mol. The third-order valence-electron chi connectivity index (χ3n) is 3.01. The Bertz CT molecular complexity index is 811. The SMILES string of the molecule is Fc1cc2c3cc(F)c(F)cc3[s+](C(F)(F)F)c2cc1F. The van der Waals surface area contributed by atoms with Gasteiger partial charge in [0.2, 0.25) is 0 Å². The van der Waals surface area contributed by atoms with Crippen molar-refractivity contribution in [2.45, 2.75) is 5.51 Å². The standard InChI is InChI=1S/C13H4F7S/c14-7-1-5-6-2-8(15)10(17)4-12(6)21(13(18,19)20)11(5)3-9(7)16/h1-4H/q+1. The summed E-state index contributed by atoms with van der Waals surface area (Å²) >= 11 is 0. The number of rotatable bonds is 0. The van der Waals surface area contributed by atoms with Crippen molar-refractivity contribution in [1.82, 2.24) is 0 Å². The maximum atomic E-state index is 13.3. The van der Waals surface area contributed by atoms with Crippen molar-refractivity contribution in [2.24, 2.45) is 0 Å². The smallest absolute Gasteiger partial charge is 0.204 e. The Hall–Kier alpha value is -1.83. The lowest BCUT2D eigenvalue weighted by molar-refractivity contribution is -0.0862. The van der Waals surface area contributed by atoms with Crippen LogP contribution in [0.5, 0.6) is 0 Å². The van der Waals surface area contributed by atoms with Crippen LogP contribution in [0.1, 0.15) is 0 Å². The van der Waals surface area contributed by atoms with Crippen LogP contribution in [-0.4, -0.2) is 0 Å². The van der Waals surface area contributed by atoms with E-state index >= 15 is 0 Å². The second kappa shape index (κ2) is 4.33. The zero-order valence-corrected chi connectivity index (χ0v) is 10.7. The summed E-state index contributed by atoms with van der Waals surface area (Å²) in [5.74, 6) is -5.58. The van der Waals surface area contributed by atoms with Gasteiger partial charge in [-0.3, -0.25) is 0 Å². The van der Waals surface area contributed by atoms with Gasteiger partial charge in [0.25, 0.3) is 0 Å². The number of thiophene rings is 1. The first-order chi connectivity index (χ1) is 9.70. The molecule has 3 aromatic rings. The maximum absolute atomic E-state index is 13.3. The number of halogens is 7. The quantitative estimate of drug-likeness (QED) is 0.363. The van der Waals surface area contributed by atoms with E-state index in [2.05, 4.69) is 0 Å². The molecule has 0 saturated carbocycles. The van der Waals surface area contributed by atoms with Gasteiger partial charge in [0.15, 0.2) is 32.7 Å². The van der Waals surface area contributed by atoms with E-state index in [-0.39, 0.29) is 10.8 Å². The second-order valence-electron chi connectivity index (χ2n) is 4.28. The molecule has 3 rings (SSSR count). The molecule has 1 aromatic heterocycles. The van der Waals surface area contributed by atoms with Gasteiger partial charge >= 0.3 is 5.51 Å². The van der Waals surface area contributed by atoms with E-state index in [1.165, 1.54) is 0 Å². The fraction of sp³-hybridized carbons (Fsp3) is 0.0769. The molecule has 2 aromatic carbocycles. The summed E-state index contributed by atoms with van der Waals surface area (Å²) < 4.78 is 91.4. The first-order valence-electron chi connectivity index (χ1n) is 5.49. The lowest BCUT2D eigenvalue weighted by atomic mass is 10.1. The van der Waals surface area contributed by atoms with Crippen LogP contribution < -0.4 is 0 Å². The normalized spacial score (nSPS) is 12.5. The van der Waals surface area contributed by atoms with Crippen LogP contribution in [-0.2, 0) is 5.51 Å². The zero-order valence-electron chi connectivity index (χ0n) is 9.86. The van der Waals surface area contributed by atoms with Gasteiger partial charge in [0.05, 0.1) is 10.8 Å². The number of benzene rings is 2. The van der Waals surface area contributed by atoms with E-state index in [1.807, 2.05) is 0 Å². The molecule has 0 fully saturated rings. The van der Waals surface area contributed by atoms with E-state index in [0.717, 1.165) is 0 Å². The van der Waals surface area contributed by atoms with Gasteiger partial charge in [-0.15, -0.1) is 13.2 Å². The highest BCUT2D eigenvalue weighted by atomic mass is 32.2. The Morgan fingerprint density at radius 1 is 0.619 bits per heavy atom. The van der Waals surface area contributed by atoms with Crippen LogP contribution in [0.3, 0.4) is 0 Å². The van der Waals surface area contributed by atoms with Crippen molar-refractivity contribution >= 4 is 30.6 Å². The highest BCUT2D eigenvalue weighted by Gasteiger charge is 2.48. The van der Waals surface area contributed by atoms with Gasteiger partial charge in [-0.05, 0) is 12.1 Å². The van der Waals surface area contributed by atoms with Crippen molar-refractivity contribution in [3.63, 3.8) is 0 Å². The molecule has 21 heavy (non-hydrogen) atoms. The molecule has 0 aliphatic carbocycles. The summed E-state index contributed by atoms with van der Waals surface area (Å²) in [4.78, 5) is 0. The molecule has 0 amide bonds. The van der Waals surface area contributed by atoms with Crippen LogP contribution in [0.15, 0.2) is 24.3 Å². The van der Waals surface area contributed by atoms with Crippen molar-refractivity contribution in [3.05, 3.63) is 47.5 Å². The van der Waals surface area contributed by atoms with E-state index in [0.29, 0.717) is 24.3 Å². The minimum Gasteiger partial charge on any atom is -0.204 e. The molecule has 0 saturated heterocycles. The summed E-state index contributed by atoms with van der Waals surface area (Å²) in [7, 11) is -2.64. The third kappa shape index (κ3) is 2.05. The first kappa shape index (κ1) is 14.1. The second-order valence-corrected chi connectivity index (χ2v) is 6.23. The van der Waals surface area contributed by atoms with Crippen LogP contribution in [0.25, 0.3) is 20.2 Å². The van der Waals surface area contributed by atoms with E-state index in [9.17, 15) is 30.7 Å². The van der Waals surface area contributed by atoms with Gasteiger partial charge in [0.1, 0.15) is 10.5 Å². The van der Waals surface area contributed by atoms with E-state index in [1.54, 1.807) is 0 Å². The lowest BCUT2D eigenvalue weighted by Crippen LogP contribution is -1.96. The predicted molar refractivity (Wildman–Crippen MR) is 65.1 cm³/mol. The van der Waals surface area contributed by atoms with Gasteiger partial charge in [-0.2, -0.15) is 0 Å². The predicted octanol–water partition coefficient (Wildman–Crippen LogP) is 5.77. The summed E-state index contributed by atoms with van der Waals surface area (Å²) in [6, 6.07) is 1.99. The third-order valence-corrected chi connectivity index (χ3v) is 5.02. The Kier molecular flexibility index (Phi) is 2.91. The van der Waals surface area contributed by atoms with Crippen LogP contribution >= 0.6 is 10.5 Å². The fourth-order valence-corrected chi connectivity index (χ4v) is 4.14. The molecule has 0 atom stereocenters. The van der Waals surface area contributed by atoms with Crippen molar-refractivity contribution in [3.8, 4) is 0 Å². The van der Waals surface area contributed by atoms with Gasteiger partial charge in [0, 0.05) is 12.1 Å². The maximum Gasteiger partial charge on any atom is 0.601 e. The Morgan fingerprint density at radius 3 is 1.29 bits per heavy atom. The average Bonchev–Trinajstić information content (AvgIpc) is 2.64.